The zero-order valence-corrected chi connectivity index (χ0v) is 10.9. The number of hydrogen-bond donors (Lipinski definition) is 5. The first-order valence-electron chi connectivity index (χ1n) is 6.26. The lowest BCUT2D eigenvalue weighted by Crippen LogP contribution is -2.60. The number of anilines is 1. The summed E-state index contributed by atoms with van der Waals surface area (Å²) < 4.78 is 5.23. The molecular formula is C12H16N2O7. The third-order valence-electron chi connectivity index (χ3n) is 3.29. The first-order valence-corrected chi connectivity index (χ1v) is 6.26. The summed E-state index contributed by atoms with van der Waals surface area (Å²) in [6.07, 6.45) is -6.82. The maximum absolute atomic E-state index is 10.9. The van der Waals surface area contributed by atoms with Crippen LogP contribution in [0.1, 0.15) is 0 Å². The number of rotatable bonds is 4. The number of nitrogens with zero attached hydrogens (tertiary/aromatic N) is 1. The lowest BCUT2D eigenvalue weighted by Gasteiger charge is -2.40. The number of nitro benzene ring substituents is 1. The van der Waals surface area contributed by atoms with Gasteiger partial charge >= 0.3 is 0 Å². The van der Waals surface area contributed by atoms with Crippen LogP contribution in [0.2, 0.25) is 0 Å². The molecule has 1 saturated heterocycles. The summed E-state index contributed by atoms with van der Waals surface area (Å²) in [5.74, 6) is 0. The van der Waals surface area contributed by atoms with Crippen molar-refractivity contribution in [3.63, 3.8) is 0 Å². The zero-order chi connectivity index (χ0) is 15.6. The van der Waals surface area contributed by atoms with E-state index in [0.29, 0.717) is 0 Å². The van der Waals surface area contributed by atoms with Gasteiger partial charge in [-0.3, -0.25) is 10.1 Å². The molecule has 9 nitrogen and oxygen atoms in total. The number of benzene rings is 1. The largest absolute Gasteiger partial charge is 0.394 e. The fourth-order valence-electron chi connectivity index (χ4n) is 2.13. The molecule has 5 N–H and O–H groups in total. The van der Waals surface area contributed by atoms with Crippen molar-refractivity contribution in [2.45, 2.75) is 30.6 Å². The second-order valence-electron chi connectivity index (χ2n) is 4.67. The molecule has 0 aliphatic carbocycles. The molecule has 1 aromatic carbocycles. The average Bonchev–Trinajstić information content (AvgIpc) is 2.48. The van der Waals surface area contributed by atoms with Crippen LogP contribution in [0, 0.1) is 10.1 Å². The van der Waals surface area contributed by atoms with Crippen molar-refractivity contribution >= 4 is 11.4 Å². The van der Waals surface area contributed by atoms with Crippen LogP contribution in [0.3, 0.4) is 0 Å². The minimum absolute atomic E-state index is 0.0897. The highest BCUT2D eigenvalue weighted by Gasteiger charge is 2.43. The van der Waals surface area contributed by atoms with Gasteiger partial charge in [0.05, 0.1) is 11.5 Å². The number of nitro groups is 1. The van der Waals surface area contributed by atoms with Crippen LogP contribution >= 0.6 is 0 Å². The molecule has 1 heterocycles. The van der Waals surface area contributed by atoms with Crippen LogP contribution in [0.5, 0.6) is 0 Å². The lowest BCUT2D eigenvalue weighted by atomic mass is 9.98. The Hall–Kier alpha value is -1.78. The topological polar surface area (TPSA) is 145 Å². The van der Waals surface area contributed by atoms with Gasteiger partial charge in [-0.15, -0.1) is 0 Å². The van der Waals surface area contributed by atoms with Crippen LogP contribution in [0.25, 0.3) is 0 Å². The standard InChI is InChI=1S/C12H16N2O7/c15-5-8-9(16)10(17)11(18)12(21-8)13-6-3-1-2-4-7(6)14(19)20/h1-4,8-13,15-18H,5H2/t8-,9+,10+,11+,12-/m1/s1. The van der Waals surface area contributed by atoms with Crippen LogP contribution < -0.4 is 5.32 Å². The molecule has 1 fully saturated rings. The molecule has 0 amide bonds. The van der Waals surface area contributed by atoms with Crippen molar-refractivity contribution in [1.82, 2.24) is 0 Å². The molecule has 9 heteroatoms. The number of ether oxygens (including phenoxy) is 1. The third-order valence-corrected chi connectivity index (χ3v) is 3.29. The van der Waals surface area contributed by atoms with Gasteiger partial charge < -0.3 is 30.5 Å². The Bertz CT molecular complexity index is 510. The van der Waals surface area contributed by atoms with E-state index in [1.165, 1.54) is 18.2 Å². The molecule has 1 aromatic rings. The highest BCUT2D eigenvalue weighted by molar-refractivity contribution is 5.61. The van der Waals surface area contributed by atoms with Gasteiger partial charge in [0.2, 0.25) is 0 Å². The third kappa shape index (κ3) is 3.12. The molecule has 0 unspecified atom stereocenters. The second kappa shape index (κ2) is 6.33. The van der Waals surface area contributed by atoms with Gasteiger partial charge in [0.25, 0.3) is 5.69 Å². The van der Waals surface area contributed by atoms with E-state index >= 15 is 0 Å². The van der Waals surface area contributed by atoms with Crippen molar-refractivity contribution in [3.05, 3.63) is 34.4 Å². The molecular weight excluding hydrogens is 284 g/mol. The van der Waals surface area contributed by atoms with Gasteiger partial charge in [0, 0.05) is 6.07 Å². The molecule has 0 aromatic heterocycles. The predicted octanol–water partition coefficient (Wildman–Crippen LogP) is -1.19. The van der Waals surface area contributed by atoms with E-state index in [-0.39, 0.29) is 11.4 Å². The Morgan fingerprint density at radius 3 is 2.48 bits per heavy atom. The number of aliphatic hydroxyl groups excluding tert-OH is 4. The quantitative estimate of drug-likeness (QED) is 0.344. The molecule has 116 valence electrons. The summed E-state index contributed by atoms with van der Waals surface area (Å²) in [7, 11) is 0. The highest BCUT2D eigenvalue weighted by Crippen LogP contribution is 2.28. The Kier molecular flexibility index (Phi) is 4.70. The van der Waals surface area contributed by atoms with Crippen molar-refractivity contribution in [2.24, 2.45) is 0 Å². The maximum Gasteiger partial charge on any atom is 0.292 e. The summed E-state index contributed by atoms with van der Waals surface area (Å²) in [6, 6.07) is 5.72. The van der Waals surface area contributed by atoms with Gasteiger partial charge in [-0.05, 0) is 6.07 Å². The minimum atomic E-state index is -1.55. The normalized spacial score (nSPS) is 32.7. The van der Waals surface area contributed by atoms with E-state index in [1.54, 1.807) is 6.07 Å². The first-order chi connectivity index (χ1) is 9.95. The molecule has 0 saturated carbocycles. The molecule has 0 radical (unpaired) electrons. The number of aliphatic hydroxyl groups is 4. The van der Waals surface area contributed by atoms with Gasteiger partial charge in [0.15, 0.2) is 6.23 Å². The summed E-state index contributed by atoms with van der Waals surface area (Å²) in [4.78, 5) is 10.3. The van der Waals surface area contributed by atoms with Gasteiger partial charge in [-0.2, -0.15) is 0 Å². The maximum atomic E-state index is 10.9. The SMILES string of the molecule is O=[N+]([O-])c1ccccc1N[C@@H]1O[C@H](CO)[C@H](O)[C@H](O)[C@@H]1O. The average molecular weight is 300 g/mol. The Balaban J connectivity index is 2.20. The zero-order valence-electron chi connectivity index (χ0n) is 10.9. The van der Waals surface area contributed by atoms with E-state index in [4.69, 9.17) is 9.84 Å². The Morgan fingerprint density at radius 2 is 1.86 bits per heavy atom. The van der Waals surface area contributed by atoms with Crippen LogP contribution in [-0.4, -0.2) is 62.6 Å². The van der Waals surface area contributed by atoms with E-state index in [9.17, 15) is 25.4 Å². The minimum Gasteiger partial charge on any atom is -0.394 e. The molecule has 0 spiro atoms. The predicted molar refractivity (Wildman–Crippen MR) is 70.5 cm³/mol. The van der Waals surface area contributed by atoms with E-state index in [0.717, 1.165) is 0 Å². The van der Waals surface area contributed by atoms with E-state index in [1.807, 2.05) is 0 Å². The number of para-hydroxylation sites is 2. The molecule has 1 aliphatic rings. The molecule has 21 heavy (non-hydrogen) atoms. The molecule has 1 aliphatic heterocycles. The summed E-state index contributed by atoms with van der Waals surface area (Å²) in [5.41, 5.74) is -0.138. The van der Waals surface area contributed by atoms with Gasteiger partial charge in [0.1, 0.15) is 30.1 Å². The van der Waals surface area contributed by atoms with Crippen LogP contribution in [-0.2, 0) is 4.74 Å². The van der Waals surface area contributed by atoms with Gasteiger partial charge in [-0.25, -0.2) is 0 Å². The van der Waals surface area contributed by atoms with Crippen molar-refractivity contribution in [2.75, 3.05) is 11.9 Å². The molecule has 0 bridgehead atoms. The number of nitrogens with one attached hydrogen (secondary N) is 1. The smallest absolute Gasteiger partial charge is 0.292 e. The summed E-state index contributed by atoms with van der Waals surface area (Å²) in [5, 5.41) is 51.8. The molecule has 2 rings (SSSR count). The van der Waals surface area contributed by atoms with Crippen LogP contribution in [0.4, 0.5) is 11.4 Å². The van der Waals surface area contributed by atoms with E-state index < -0.39 is 42.2 Å². The van der Waals surface area contributed by atoms with Gasteiger partial charge in [-0.1, -0.05) is 12.1 Å². The second-order valence-corrected chi connectivity index (χ2v) is 4.67. The van der Waals surface area contributed by atoms with Crippen LogP contribution in [0.15, 0.2) is 24.3 Å². The van der Waals surface area contributed by atoms with E-state index in [2.05, 4.69) is 5.32 Å². The Labute approximate surface area is 119 Å². The lowest BCUT2D eigenvalue weighted by molar-refractivity contribution is -0.384. The summed E-state index contributed by atoms with van der Waals surface area (Å²) in [6.45, 7) is -0.569. The molecule has 5 atom stereocenters. The highest BCUT2D eigenvalue weighted by atomic mass is 16.6. The van der Waals surface area contributed by atoms with Crippen molar-refractivity contribution in [3.8, 4) is 0 Å². The monoisotopic (exact) mass is 300 g/mol. The fraction of sp³-hybridized carbons (Fsp3) is 0.500. The number of hydrogen-bond acceptors (Lipinski definition) is 8. The van der Waals surface area contributed by atoms with Crippen molar-refractivity contribution in [1.29, 1.82) is 0 Å². The van der Waals surface area contributed by atoms with Crippen molar-refractivity contribution < 1.29 is 30.1 Å². The first kappa shape index (κ1) is 15.6. The fourth-order valence-corrected chi connectivity index (χ4v) is 2.13. The Morgan fingerprint density at radius 1 is 1.19 bits per heavy atom. The summed E-state index contributed by atoms with van der Waals surface area (Å²) >= 11 is 0.